The van der Waals surface area contributed by atoms with Crippen LogP contribution in [-0.2, 0) is 6.54 Å². The molecule has 1 aliphatic rings. The van der Waals surface area contributed by atoms with E-state index in [-0.39, 0.29) is 11.9 Å². The van der Waals surface area contributed by atoms with Crippen molar-refractivity contribution in [2.45, 2.75) is 45.7 Å². The van der Waals surface area contributed by atoms with Crippen molar-refractivity contribution in [2.24, 2.45) is 0 Å². The molecule has 0 aromatic heterocycles. The Hall–Kier alpha value is -2.69. The minimum atomic E-state index is -0.0442. The molecule has 2 N–H and O–H groups in total. The highest BCUT2D eigenvalue weighted by atomic mass is 16.5. The van der Waals surface area contributed by atoms with Crippen molar-refractivity contribution in [1.29, 1.82) is 0 Å². The number of ether oxygens (including phenoxy) is 1. The maximum absolute atomic E-state index is 13.4. The van der Waals surface area contributed by atoms with Crippen molar-refractivity contribution in [3.05, 3.63) is 53.6 Å². The van der Waals surface area contributed by atoms with E-state index in [0.717, 1.165) is 42.9 Å². The standard InChI is InChI=1S/C23H31N3O2/c1-17(2)26(16-18-10-6-4-7-11-18)23(27)19-14-21(22(28-3)15-20(19)24)25-12-8-5-9-13-25/h4,6-7,10-11,14-15,17H,5,8-9,12-13,16,24H2,1-3H3. The Morgan fingerprint density at radius 3 is 2.43 bits per heavy atom. The van der Waals surface area contributed by atoms with E-state index in [9.17, 15) is 4.79 Å². The number of nitrogen functional groups attached to an aromatic ring is 1. The zero-order valence-corrected chi connectivity index (χ0v) is 17.1. The van der Waals surface area contributed by atoms with Gasteiger partial charge in [-0.25, -0.2) is 0 Å². The predicted octanol–water partition coefficient (Wildman–Crippen LogP) is 4.32. The van der Waals surface area contributed by atoms with Gasteiger partial charge in [0, 0.05) is 37.4 Å². The maximum Gasteiger partial charge on any atom is 0.256 e. The number of rotatable bonds is 6. The highest BCUT2D eigenvalue weighted by Crippen LogP contribution is 2.35. The SMILES string of the molecule is COc1cc(N)c(C(=O)N(Cc2ccccc2)C(C)C)cc1N1CCCCC1. The van der Waals surface area contributed by atoms with Crippen molar-refractivity contribution < 1.29 is 9.53 Å². The van der Waals surface area contributed by atoms with Crippen LogP contribution in [0.25, 0.3) is 0 Å². The van der Waals surface area contributed by atoms with Crippen molar-refractivity contribution in [3.63, 3.8) is 0 Å². The molecule has 1 aliphatic heterocycles. The third-order valence-corrected chi connectivity index (χ3v) is 5.36. The van der Waals surface area contributed by atoms with Crippen LogP contribution in [0.3, 0.4) is 0 Å². The molecule has 0 atom stereocenters. The van der Waals surface area contributed by atoms with Crippen LogP contribution in [0.4, 0.5) is 11.4 Å². The second-order valence-electron chi connectivity index (χ2n) is 7.67. The topological polar surface area (TPSA) is 58.8 Å². The van der Waals surface area contributed by atoms with Gasteiger partial charge in [-0.1, -0.05) is 30.3 Å². The predicted molar refractivity (Wildman–Crippen MR) is 115 cm³/mol. The number of carbonyl (C=O) groups is 1. The highest BCUT2D eigenvalue weighted by molar-refractivity contribution is 6.01. The average molecular weight is 382 g/mol. The van der Waals surface area contributed by atoms with E-state index in [4.69, 9.17) is 10.5 Å². The summed E-state index contributed by atoms with van der Waals surface area (Å²) in [6.07, 6.45) is 3.56. The van der Waals surface area contributed by atoms with Crippen LogP contribution in [0.1, 0.15) is 49.0 Å². The molecule has 0 saturated carbocycles. The van der Waals surface area contributed by atoms with Gasteiger partial charge in [-0.2, -0.15) is 0 Å². The van der Waals surface area contributed by atoms with Crippen LogP contribution in [0.5, 0.6) is 5.75 Å². The molecule has 0 spiro atoms. The van der Waals surface area contributed by atoms with Crippen LogP contribution in [-0.4, -0.2) is 37.0 Å². The Balaban J connectivity index is 1.94. The molecule has 150 valence electrons. The second kappa shape index (κ2) is 9.00. The van der Waals surface area contributed by atoms with Crippen molar-refractivity contribution >= 4 is 17.3 Å². The van der Waals surface area contributed by atoms with E-state index in [1.807, 2.05) is 55.1 Å². The fraction of sp³-hybridized carbons (Fsp3) is 0.435. The van der Waals surface area contributed by atoms with E-state index in [1.54, 1.807) is 13.2 Å². The van der Waals surface area contributed by atoms with Crippen molar-refractivity contribution in [2.75, 3.05) is 30.8 Å². The van der Waals surface area contributed by atoms with Gasteiger partial charge in [0.05, 0.1) is 18.4 Å². The molecule has 5 heteroatoms. The first kappa shape index (κ1) is 20.1. The molecule has 1 fully saturated rings. The number of anilines is 2. The first-order chi connectivity index (χ1) is 13.5. The Labute approximate surface area is 168 Å². The molecule has 2 aromatic carbocycles. The monoisotopic (exact) mass is 381 g/mol. The summed E-state index contributed by atoms with van der Waals surface area (Å²) < 4.78 is 5.57. The molecule has 28 heavy (non-hydrogen) atoms. The van der Waals surface area contributed by atoms with Gasteiger partial charge in [-0.05, 0) is 44.7 Å². The fourth-order valence-corrected chi connectivity index (χ4v) is 3.74. The molecular formula is C23H31N3O2. The molecule has 0 radical (unpaired) electrons. The number of amides is 1. The molecule has 2 aromatic rings. The smallest absolute Gasteiger partial charge is 0.256 e. The molecule has 0 aliphatic carbocycles. The Morgan fingerprint density at radius 2 is 1.82 bits per heavy atom. The summed E-state index contributed by atoms with van der Waals surface area (Å²) in [4.78, 5) is 17.6. The van der Waals surface area contributed by atoms with Gasteiger partial charge >= 0.3 is 0 Å². The third-order valence-electron chi connectivity index (χ3n) is 5.36. The minimum absolute atomic E-state index is 0.0442. The fourth-order valence-electron chi connectivity index (χ4n) is 3.74. The largest absolute Gasteiger partial charge is 0.495 e. The second-order valence-corrected chi connectivity index (χ2v) is 7.67. The number of methoxy groups -OCH3 is 1. The van der Waals surface area contributed by atoms with Crippen LogP contribution in [0, 0.1) is 0 Å². The zero-order chi connectivity index (χ0) is 20.1. The summed E-state index contributed by atoms with van der Waals surface area (Å²) in [6, 6.07) is 13.8. The summed E-state index contributed by atoms with van der Waals surface area (Å²) in [5.41, 5.74) is 9.35. The molecule has 1 heterocycles. The lowest BCUT2D eigenvalue weighted by atomic mass is 10.0. The summed E-state index contributed by atoms with van der Waals surface area (Å²) in [7, 11) is 1.65. The highest BCUT2D eigenvalue weighted by Gasteiger charge is 2.25. The van der Waals surface area contributed by atoms with Crippen LogP contribution >= 0.6 is 0 Å². The maximum atomic E-state index is 13.4. The van der Waals surface area contributed by atoms with E-state index in [0.29, 0.717) is 17.8 Å². The average Bonchev–Trinajstić information content (AvgIpc) is 2.72. The van der Waals surface area contributed by atoms with Crippen molar-refractivity contribution in [3.8, 4) is 5.75 Å². The van der Waals surface area contributed by atoms with E-state index >= 15 is 0 Å². The molecule has 0 bridgehead atoms. The van der Waals surface area contributed by atoms with Crippen LogP contribution < -0.4 is 15.4 Å². The number of nitrogens with two attached hydrogens (primary N) is 1. The number of piperidine rings is 1. The lowest BCUT2D eigenvalue weighted by Crippen LogP contribution is -2.37. The number of benzene rings is 2. The quantitative estimate of drug-likeness (QED) is 0.757. The lowest BCUT2D eigenvalue weighted by Gasteiger charge is -2.32. The molecule has 0 unspecified atom stereocenters. The van der Waals surface area contributed by atoms with E-state index in [1.165, 1.54) is 6.42 Å². The first-order valence-corrected chi connectivity index (χ1v) is 10.1. The van der Waals surface area contributed by atoms with Crippen LogP contribution in [0.2, 0.25) is 0 Å². The molecule has 5 nitrogen and oxygen atoms in total. The number of nitrogens with zero attached hydrogens (tertiary/aromatic N) is 2. The molecule has 1 saturated heterocycles. The summed E-state index contributed by atoms with van der Waals surface area (Å²) in [5.74, 6) is 0.687. The van der Waals surface area contributed by atoms with Gasteiger partial charge < -0.3 is 20.3 Å². The van der Waals surface area contributed by atoms with Gasteiger partial charge in [0.15, 0.2) is 0 Å². The van der Waals surface area contributed by atoms with Gasteiger partial charge in [-0.3, -0.25) is 4.79 Å². The number of carbonyl (C=O) groups excluding carboxylic acids is 1. The van der Waals surface area contributed by atoms with Gasteiger partial charge in [0.2, 0.25) is 0 Å². The Morgan fingerprint density at radius 1 is 1.14 bits per heavy atom. The van der Waals surface area contributed by atoms with Crippen LogP contribution in [0.15, 0.2) is 42.5 Å². The van der Waals surface area contributed by atoms with E-state index in [2.05, 4.69) is 4.90 Å². The normalized spacial score (nSPS) is 14.2. The summed E-state index contributed by atoms with van der Waals surface area (Å²) in [6.45, 7) is 6.58. The lowest BCUT2D eigenvalue weighted by molar-refractivity contribution is 0.0691. The Kier molecular flexibility index (Phi) is 6.45. The molecular weight excluding hydrogens is 350 g/mol. The minimum Gasteiger partial charge on any atom is -0.495 e. The van der Waals surface area contributed by atoms with Gasteiger partial charge in [-0.15, -0.1) is 0 Å². The number of hydrogen-bond donors (Lipinski definition) is 1. The van der Waals surface area contributed by atoms with Gasteiger partial charge in [0.1, 0.15) is 5.75 Å². The van der Waals surface area contributed by atoms with Gasteiger partial charge in [0.25, 0.3) is 5.91 Å². The van der Waals surface area contributed by atoms with Crippen molar-refractivity contribution in [1.82, 2.24) is 4.90 Å². The third kappa shape index (κ3) is 4.41. The molecule has 3 rings (SSSR count). The Bertz CT molecular complexity index is 799. The van der Waals surface area contributed by atoms with E-state index < -0.39 is 0 Å². The first-order valence-electron chi connectivity index (χ1n) is 10.1. The number of hydrogen-bond acceptors (Lipinski definition) is 4. The summed E-state index contributed by atoms with van der Waals surface area (Å²) >= 11 is 0. The molecule has 1 amide bonds. The summed E-state index contributed by atoms with van der Waals surface area (Å²) in [5, 5.41) is 0. The zero-order valence-electron chi connectivity index (χ0n) is 17.1.